The van der Waals surface area contributed by atoms with E-state index in [1.165, 1.54) is 12.2 Å². The van der Waals surface area contributed by atoms with E-state index in [0.29, 0.717) is 31.3 Å². The zero-order chi connectivity index (χ0) is 35.2. The lowest BCUT2D eigenvalue weighted by Crippen LogP contribution is -2.69. The summed E-state index contributed by atoms with van der Waals surface area (Å²) in [5, 5.41) is 43.4. The second-order valence-electron chi connectivity index (χ2n) is 15.9. The van der Waals surface area contributed by atoms with Crippen LogP contribution in [0.15, 0.2) is 36.0 Å². The van der Waals surface area contributed by atoms with Crippen molar-refractivity contribution in [2.24, 2.45) is 28.6 Å². The smallest absolute Gasteiger partial charge is 0.303 e. The Morgan fingerprint density at radius 1 is 0.958 bits per heavy atom. The van der Waals surface area contributed by atoms with E-state index in [-0.39, 0.29) is 31.0 Å². The molecule has 0 aromatic carbocycles. The molecule has 4 rings (SSSR count). The number of aliphatic carboxylic acids is 1. The number of carbonyl (C=O) groups is 3. The molecule has 0 spiro atoms. The molecule has 0 heterocycles. The molecule has 0 aromatic rings. The normalized spacial score (nSPS) is 36.4. The van der Waals surface area contributed by atoms with Crippen molar-refractivity contribution < 1.29 is 39.2 Å². The molecule has 270 valence electrons. The number of aliphatic hydroxyl groups is 3. The number of allylic oxidation sites excluding steroid dienone is 6. The number of carboxylic acid groups (broad SMARTS) is 1. The van der Waals surface area contributed by atoms with Gasteiger partial charge in [0.05, 0.1) is 6.10 Å². The van der Waals surface area contributed by atoms with E-state index in [4.69, 9.17) is 5.11 Å². The summed E-state index contributed by atoms with van der Waals surface area (Å²) in [6.45, 7) is 5.39. The average molecular weight is 673 g/mol. The Morgan fingerprint density at radius 2 is 1.54 bits per heavy atom. The van der Waals surface area contributed by atoms with Gasteiger partial charge in [-0.05, 0) is 95.1 Å². The fourth-order valence-corrected chi connectivity index (χ4v) is 10.1. The van der Waals surface area contributed by atoms with Crippen LogP contribution >= 0.6 is 0 Å². The number of hydrogen-bond acceptors (Lipinski definition) is 6. The fourth-order valence-electron chi connectivity index (χ4n) is 10.1. The molecule has 4 aliphatic carbocycles. The van der Waals surface area contributed by atoms with Crippen molar-refractivity contribution >= 4 is 17.5 Å². The van der Waals surface area contributed by atoms with Crippen molar-refractivity contribution in [1.29, 1.82) is 0 Å². The molecular weight excluding hydrogens is 611 g/mol. The summed E-state index contributed by atoms with van der Waals surface area (Å²) >= 11 is 0. The Morgan fingerprint density at radius 3 is 2.17 bits per heavy atom. The predicted octanol–water partition coefficient (Wildman–Crippen LogP) is 7.76. The molecule has 0 radical (unpaired) electrons. The van der Waals surface area contributed by atoms with Crippen LogP contribution < -0.4 is 0 Å². The molecule has 9 atom stereocenters. The van der Waals surface area contributed by atoms with Crippen LogP contribution in [-0.4, -0.2) is 61.4 Å². The van der Waals surface area contributed by atoms with E-state index in [1.807, 2.05) is 13.8 Å². The van der Waals surface area contributed by atoms with Gasteiger partial charge in [-0.2, -0.15) is 0 Å². The molecule has 3 saturated carbocycles. The number of Topliss-reactive ketones (excluding diaryl/α,β-unsaturated/α-hetero) is 1. The van der Waals surface area contributed by atoms with Crippen molar-refractivity contribution in [3.63, 3.8) is 0 Å². The fraction of sp³-hybridized carbons (Fsp3) is 0.775. The molecule has 0 aromatic heterocycles. The molecule has 8 heteroatoms. The Bertz CT molecular complexity index is 1240. The molecule has 7 nitrogen and oxygen atoms in total. The molecule has 0 bridgehead atoms. The number of fused-ring (bicyclic) bond motifs is 5. The minimum Gasteiger partial charge on any atom is -0.481 e. The summed E-state index contributed by atoms with van der Waals surface area (Å²) in [6.07, 6.45) is 21.4. The summed E-state index contributed by atoms with van der Waals surface area (Å²) < 4.78 is 17.4. The molecule has 4 N–H and O–H groups in total. The lowest BCUT2D eigenvalue weighted by molar-refractivity contribution is -0.221. The lowest BCUT2D eigenvalue weighted by Gasteiger charge is -2.62. The average Bonchev–Trinajstić information content (AvgIpc) is 3.24. The van der Waals surface area contributed by atoms with Gasteiger partial charge in [-0.25, -0.2) is 4.39 Å². The quantitative estimate of drug-likeness (QED) is 0.0815. The van der Waals surface area contributed by atoms with Crippen LogP contribution in [0.1, 0.15) is 143 Å². The number of alkyl halides is 1. The van der Waals surface area contributed by atoms with Crippen molar-refractivity contribution in [3.8, 4) is 0 Å². The predicted molar refractivity (Wildman–Crippen MR) is 185 cm³/mol. The molecule has 0 saturated heterocycles. The number of unbranched alkanes of at least 4 members (excludes halogenated alkanes) is 11. The number of ketones is 2. The number of hydrogen-bond donors (Lipinski definition) is 4. The van der Waals surface area contributed by atoms with Gasteiger partial charge >= 0.3 is 5.97 Å². The highest BCUT2D eigenvalue weighted by Gasteiger charge is 2.75. The number of carboxylic acids is 1. The van der Waals surface area contributed by atoms with Crippen molar-refractivity contribution in [1.82, 2.24) is 0 Å². The van der Waals surface area contributed by atoms with Gasteiger partial charge in [0.25, 0.3) is 0 Å². The maximum Gasteiger partial charge on any atom is 0.303 e. The molecular formula is C40H61FO7. The first-order valence-electron chi connectivity index (χ1n) is 18.9. The zero-order valence-electron chi connectivity index (χ0n) is 29.6. The van der Waals surface area contributed by atoms with E-state index in [1.54, 1.807) is 13.0 Å². The first kappa shape index (κ1) is 38.6. The lowest BCUT2D eigenvalue weighted by atomic mass is 9.44. The molecule has 4 aliphatic rings. The van der Waals surface area contributed by atoms with Crippen LogP contribution in [-0.2, 0) is 14.4 Å². The number of aliphatic hydroxyl groups excluding tert-OH is 2. The number of halogens is 1. The maximum atomic E-state index is 17.4. The zero-order valence-corrected chi connectivity index (χ0v) is 29.6. The highest BCUT2D eigenvalue weighted by Crippen LogP contribution is 2.70. The third kappa shape index (κ3) is 7.46. The van der Waals surface area contributed by atoms with Gasteiger partial charge in [0.1, 0.15) is 11.7 Å². The van der Waals surface area contributed by atoms with Crippen molar-refractivity contribution in [2.75, 3.05) is 0 Å². The van der Waals surface area contributed by atoms with Crippen LogP contribution in [0.3, 0.4) is 0 Å². The third-order valence-electron chi connectivity index (χ3n) is 12.9. The summed E-state index contributed by atoms with van der Waals surface area (Å²) in [5.41, 5.74) is -5.37. The Hall–Kier alpha value is -2.16. The standard InChI is InChI=1S/C40H61FO7/c1-28-25-32-31-22-21-29-26-30(42)23-24-37(29,2)39(31,41)34(44)27-38(32,3)40(28,48)36(47)33(43)19-17-15-13-11-9-7-5-4-6-8-10-12-14-16-18-20-35(45)46/h4,6,23-24,26,28,31-34,43-44,48H,5,7-22,25,27H2,1-3H3,(H,45,46)/t28?,31-,32-,33?,34?,37-,38-,39?,40-/m0/s1. The van der Waals surface area contributed by atoms with Crippen LogP contribution in [0.5, 0.6) is 0 Å². The van der Waals surface area contributed by atoms with Gasteiger partial charge in [-0.3, -0.25) is 14.4 Å². The van der Waals surface area contributed by atoms with Crippen molar-refractivity contribution in [3.05, 3.63) is 36.0 Å². The molecule has 0 aliphatic heterocycles. The highest BCUT2D eigenvalue weighted by atomic mass is 19.1. The van der Waals surface area contributed by atoms with E-state index >= 15 is 4.39 Å². The Kier molecular flexibility index (Phi) is 13.1. The van der Waals surface area contributed by atoms with E-state index in [0.717, 1.165) is 77.0 Å². The summed E-state index contributed by atoms with van der Waals surface area (Å²) in [6, 6.07) is 0. The van der Waals surface area contributed by atoms with Crippen LogP contribution in [0.2, 0.25) is 0 Å². The van der Waals surface area contributed by atoms with Gasteiger partial charge in [0, 0.05) is 23.2 Å². The van der Waals surface area contributed by atoms with Gasteiger partial charge in [0.15, 0.2) is 17.2 Å². The molecule has 3 fully saturated rings. The summed E-state index contributed by atoms with van der Waals surface area (Å²) in [5.74, 6) is -2.88. The van der Waals surface area contributed by atoms with Crippen molar-refractivity contribution in [2.45, 2.75) is 166 Å². The maximum absolute atomic E-state index is 17.4. The van der Waals surface area contributed by atoms with E-state index in [9.17, 15) is 29.7 Å². The largest absolute Gasteiger partial charge is 0.481 e. The van der Waals surface area contributed by atoms with E-state index in [2.05, 4.69) is 12.2 Å². The minimum atomic E-state index is -2.02. The number of carbonyl (C=O) groups excluding carboxylic acids is 2. The summed E-state index contributed by atoms with van der Waals surface area (Å²) in [7, 11) is 0. The van der Waals surface area contributed by atoms with Gasteiger partial charge in [-0.1, -0.05) is 89.0 Å². The van der Waals surface area contributed by atoms with Crippen LogP contribution in [0.25, 0.3) is 0 Å². The second-order valence-corrected chi connectivity index (χ2v) is 15.9. The molecule has 48 heavy (non-hydrogen) atoms. The van der Waals surface area contributed by atoms with Gasteiger partial charge in [0.2, 0.25) is 0 Å². The summed E-state index contributed by atoms with van der Waals surface area (Å²) in [4.78, 5) is 36.5. The second kappa shape index (κ2) is 16.2. The first-order chi connectivity index (χ1) is 22.7. The third-order valence-corrected chi connectivity index (χ3v) is 12.9. The van der Waals surface area contributed by atoms with Crippen LogP contribution in [0.4, 0.5) is 4.39 Å². The van der Waals surface area contributed by atoms with Gasteiger partial charge < -0.3 is 20.4 Å². The highest BCUT2D eigenvalue weighted by molar-refractivity contribution is 6.01. The molecule has 0 amide bonds. The minimum absolute atomic E-state index is 0.0833. The monoisotopic (exact) mass is 672 g/mol. The first-order valence-corrected chi connectivity index (χ1v) is 18.9. The van der Waals surface area contributed by atoms with Crippen LogP contribution in [0, 0.1) is 28.6 Å². The number of rotatable bonds is 19. The SMILES string of the molecule is CC1C[C@H]2[C@@H]3CCC4=CC(=O)C=C[C@]4(C)C3(F)C(O)C[C@]2(C)[C@@]1(O)C(=O)C(O)CCCCCCCCC=CCCCCCCCC(=O)O. The topological polar surface area (TPSA) is 132 Å². The molecule has 4 unspecified atom stereocenters. The van der Waals surface area contributed by atoms with E-state index < -0.39 is 57.9 Å². The Labute approximate surface area is 287 Å². The Balaban J connectivity index is 1.19. The van der Waals surface area contributed by atoms with Gasteiger partial charge in [-0.15, -0.1) is 0 Å².